The summed E-state index contributed by atoms with van der Waals surface area (Å²) in [6, 6.07) is 5.31. The summed E-state index contributed by atoms with van der Waals surface area (Å²) in [7, 11) is -4.38. The molecule has 1 fully saturated rings. The van der Waals surface area contributed by atoms with Gasteiger partial charge in [0.1, 0.15) is 10.6 Å². The van der Waals surface area contributed by atoms with Crippen LogP contribution in [0.3, 0.4) is 0 Å². The lowest BCUT2D eigenvalue weighted by Gasteiger charge is -2.43. The quantitative estimate of drug-likeness (QED) is 0.298. The number of alkyl halides is 7. The summed E-state index contributed by atoms with van der Waals surface area (Å²) in [4.78, 5) is -0.252. The van der Waals surface area contributed by atoms with Gasteiger partial charge < -0.3 is 10.4 Å². The third kappa shape index (κ3) is 4.71. The predicted molar refractivity (Wildman–Crippen MR) is 130 cm³/mol. The molecule has 0 heterocycles. The molecule has 1 saturated carbocycles. The molecule has 2 aliphatic rings. The third-order valence-electron chi connectivity index (χ3n) is 8.25. The molecule has 0 aliphatic heterocycles. The lowest BCUT2D eigenvalue weighted by atomic mass is 9.73. The molecule has 0 unspecified atom stereocenters. The number of rotatable bonds is 7. The molecule has 0 aromatic heterocycles. The molecule has 3 atom stereocenters. The van der Waals surface area contributed by atoms with Crippen LogP contribution < -0.4 is 5.32 Å². The van der Waals surface area contributed by atoms with Gasteiger partial charge in [-0.25, -0.2) is 17.2 Å². The molecule has 2 aliphatic carbocycles. The van der Waals surface area contributed by atoms with E-state index in [0.29, 0.717) is 25.1 Å². The summed E-state index contributed by atoms with van der Waals surface area (Å²) in [5, 5.41) is 12.9. The number of benzene rings is 2. The minimum atomic E-state index is -6.31. The maximum atomic E-state index is 14.9. The zero-order chi connectivity index (χ0) is 29.9. The van der Waals surface area contributed by atoms with Gasteiger partial charge in [-0.15, -0.1) is 0 Å². The first-order valence-electron chi connectivity index (χ1n) is 12.6. The monoisotopic (exact) mass is 599 g/mol. The number of aliphatic hydroxyl groups is 1. The SMILES string of the molecule is CC(C)(CO)CN[C@@H]1CC[C@@]2(S(=O)(=O)c3ccc(F)cc3)c3ccc(C(F)(C(F)(F)F)C(F)(F)F)cc3CC[C@@H]12. The molecule has 13 heteroatoms. The highest BCUT2D eigenvalue weighted by Gasteiger charge is 2.73. The van der Waals surface area contributed by atoms with Gasteiger partial charge in [-0.05, 0) is 67.0 Å². The molecule has 2 aromatic carbocycles. The number of hydrogen-bond donors (Lipinski definition) is 2. The Bertz CT molecular complexity index is 1340. The molecule has 0 bridgehead atoms. The van der Waals surface area contributed by atoms with Crippen molar-refractivity contribution in [2.75, 3.05) is 13.2 Å². The Balaban J connectivity index is 1.89. The first kappa shape index (κ1) is 30.7. The van der Waals surface area contributed by atoms with Crippen molar-refractivity contribution < 1.29 is 48.6 Å². The van der Waals surface area contributed by atoms with Gasteiger partial charge >= 0.3 is 18.0 Å². The average molecular weight is 600 g/mol. The Hall–Kier alpha value is -2.25. The van der Waals surface area contributed by atoms with Crippen LogP contribution in [0.5, 0.6) is 0 Å². The number of fused-ring (bicyclic) bond motifs is 3. The lowest BCUT2D eigenvalue weighted by molar-refractivity contribution is -0.348. The zero-order valence-electron chi connectivity index (χ0n) is 21.6. The minimum Gasteiger partial charge on any atom is -0.396 e. The van der Waals surface area contributed by atoms with Crippen molar-refractivity contribution in [1.82, 2.24) is 5.32 Å². The van der Waals surface area contributed by atoms with E-state index in [0.717, 1.165) is 30.3 Å². The van der Waals surface area contributed by atoms with Crippen LogP contribution in [0.15, 0.2) is 47.4 Å². The van der Waals surface area contributed by atoms with Crippen LogP contribution >= 0.6 is 0 Å². The van der Waals surface area contributed by atoms with Crippen molar-refractivity contribution in [3.05, 3.63) is 65.0 Å². The molecule has 0 saturated heterocycles. The van der Waals surface area contributed by atoms with E-state index < -0.39 is 61.4 Å². The first-order chi connectivity index (χ1) is 18.3. The van der Waals surface area contributed by atoms with E-state index in [4.69, 9.17) is 0 Å². The standard InChI is InChI=1S/C27H29F8NO3S/c1-23(2,15-37)14-36-22-11-12-24(40(38,39)19-7-5-18(28)6-8-19)20-10-4-17(13-16(20)3-9-21(22)24)25(29,26(30,31)32)27(33,34)35/h4-8,10,13,21-22,36-37H,3,9,11-12,14-15H2,1-2H3/t21-,22+,24+/m0/s1. The summed E-state index contributed by atoms with van der Waals surface area (Å²) in [6.45, 7) is 3.73. The summed E-state index contributed by atoms with van der Waals surface area (Å²) >= 11 is 0. The van der Waals surface area contributed by atoms with Crippen LogP contribution in [-0.2, 0) is 26.7 Å². The highest BCUT2D eigenvalue weighted by Crippen LogP contribution is 2.59. The zero-order valence-corrected chi connectivity index (χ0v) is 22.5. The summed E-state index contributed by atoms with van der Waals surface area (Å²) in [6.07, 6.45) is -12.4. The van der Waals surface area contributed by atoms with Crippen molar-refractivity contribution in [3.63, 3.8) is 0 Å². The number of nitrogens with one attached hydrogen (secondary N) is 1. The Kier molecular flexibility index (Phi) is 7.63. The van der Waals surface area contributed by atoms with Crippen LogP contribution in [0, 0.1) is 17.2 Å². The van der Waals surface area contributed by atoms with Gasteiger partial charge in [-0.3, -0.25) is 0 Å². The molecule has 0 radical (unpaired) electrons. The number of aliphatic hydroxyl groups excluding tert-OH is 1. The van der Waals surface area contributed by atoms with Crippen molar-refractivity contribution in [1.29, 1.82) is 0 Å². The molecule has 0 amide bonds. The number of sulfone groups is 1. The Morgan fingerprint density at radius 3 is 2.10 bits per heavy atom. The van der Waals surface area contributed by atoms with E-state index in [1.165, 1.54) is 0 Å². The Morgan fingerprint density at radius 2 is 1.55 bits per heavy atom. The molecule has 222 valence electrons. The largest absolute Gasteiger partial charge is 0.435 e. The van der Waals surface area contributed by atoms with Gasteiger partial charge in [0, 0.05) is 30.2 Å². The summed E-state index contributed by atoms with van der Waals surface area (Å²) in [5.41, 5.74) is -7.98. The summed E-state index contributed by atoms with van der Waals surface area (Å²) in [5.74, 6) is -1.35. The van der Waals surface area contributed by atoms with Crippen molar-refractivity contribution in [2.24, 2.45) is 11.3 Å². The van der Waals surface area contributed by atoms with Crippen LogP contribution in [0.25, 0.3) is 0 Å². The second kappa shape index (κ2) is 9.94. The van der Waals surface area contributed by atoms with Crippen molar-refractivity contribution in [2.45, 2.75) is 73.2 Å². The van der Waals surface area contributed by atoms with Gasteiger partial charge in [0.2, 0.25) is 0 Å². The highest BCUT2D eigenvalue weighted by atomic mass is 32.2. The molecular weight excluding hydrogens is 570 g/mol. The normalized spacial score (nSPS) is 24.1. The Morgan fingerprint density at radius 1 is 0.950 bits per heavy atom. The smallest absolute Gasteiger partial charge is 0.396 e. The van der Waals surface area contributed by atoms with Crippen LogP contribution in [0.4, 0.5) is 35.1 Å². The fraction of sp³-hybridized carbons (Fsp3) is 0.556. The van der Waals surface area contributed by atoms with Crippen molar-refractivity contribution >= 4 is 9.84 Å². The average Bonchev–Trinajstić information content (AvgIpc) is 3.26. The van der Waals surface area contributed by atoms with E-state index in [2.05, 4.69) is 5.32 Å². The molecule has 4 nitrogen and oxygen atoms in total. The van der Waals surface area contributed by atoms with E-state index in [9.17, 15) is 48.6 Å². The molecule has 40 heavy (non-hydrogen) atoms. The second-order valence-electron chi connectivity index (χ2n) is 11.4. The van der Waals surface area contributed by atoms with E-state index >= 15 is 0 Å². The third-order valence-corrected chi connectivity index (χ3v) is 10.8. The molecule has 2 aromatic rings. The lowest BCUT2D eigenvalue weighted by Crippen LogP contribution is -2.51. The maximum Gasteiger partial charge on any atom is 0.435 e. The van der Waals surface area contributed by atoms with Gasteiger partial charge in [-0.1, -0.05) is 32.0 Å². The molecule has 0 spiro atoms. The van der Waals surface area contributed by atoms with Gasteiger partial charge in [0.05, 0.1) is 4.90 Å². The number of halogens is 8. The van der Waals surface area contributed by atoms with Crippen LogP contribution in [0.1, 0.15) is 49.8 Å². The van der Waals surface area contributed by atoms with Gasteiger partial charge in [0.15, 0.2) is 9.84 Å². The number of aryl methyl sites for hydroxylation is 1. The van der Waals surface area contributed by atoms with Crippen LogP contribution in [-0.4, -0.2) is 45.1 Å². The second-order valence-corrected chi connectivity index (χ2v) is 13.6. The van der Waals surface area contributed by atoms with Crippen LogP contribution in [0.2, 0.25) is 0 Å². The van der Waals surface area contributed by atoms with E-state index in [1.54, 1.807) is 13.8 Å². The Labute approximate surface area is 226 Å². The maximum absolute atomic E-state index is 14.9. The molecule has 4 rings (SSSR count). The number of hydrogen-bond acceptors (Lipinski definition) is 4. The highest BCUT2D eigenvalue weighted by molar-refractivity contribution is 7.92. The van der Waals surface area contributed by atoms with E-state index in [1.807, 2.05) is 0 Å². The molecular formula is C27H29F8NO3S. The molecule has 2 N–H and O–H groups in total. The van der Waals surface area contributed by atoms with Gasteiger partial charge in [-0.2, -0.15) is 26.3 Å². The van der Waals surface area contributed by atoms with Crippen molar-refractivity contribution in [3.8, 4) is 0 Å². The fourth-order valence-corrected chi connectivity index (χ4v) is 8.56. The minimum absolute atomic E-state index is 0.00856. The first-order valence-corrected chi connectivity index (χ1v) is 14.1. The van der Waals surface area contributed by atoms with Gasteiger partial charge in [0.25, 0.3) is 0 Å². The fourth-order valence-electron chi connectivity index (χ4n) is 6.09. The topological polar surface area (TPSA) is 66.4 Å². The predicted octanol–water partition coefficient (Wildman–Crippen LogP) is 6.12. The summed E-state index contributed by atoms with van der Waals surface area (Å²) < 4.78 is 136. The van der Waals surface area contributed by atoms with E-state index in [-0.39, 0.29) is 41.9 Å².